The third-order valence-corrected chi connectivity index (χ3v) is 11.5. The first-order chi connectivity index (χ1) is 27.3. The molecular weight excluding hydrogens is 667 g/mol. The average molecular weight is 702 g/mol. The number of para-hydroxylation sites is 2. The Hall–Kier alpha value is -7.16. The first-order valence-electron chi connectivity index (χ1n) is 18.9. The third kappa shape index (κ3) is 4.89. The Morgan fingerprint density at radius 2 is 0.782 bits per heavy atom. The van der Waals surface area contributed by atoms with Crippen molar-refractivity contribution in [3.63, 3.8) is 0 Å². The maximum Gasteiger partial charge on any atom is 0.132 e. The van der Waals surface area contributed by atoms with E-state index in [1.54, 1.807) is 0 Å². The highest BCUT2D eigenvalue weighted by atomic mass is 16.5. The van der Waals surface area contributed by atoms with E-state index < -0.39 is 5.41 Å². The molecule has 2 nitrogen and oxygen atoms in total. The van der Waals surface area contributed by atoms with E-state index in [2.05, 4.69) is 217 Å². The van der Waals surface area contributed by atoms with E-state index in [4.69, 9.17) is 4.74 Å². The minimum Gasteiger partial charge on any atom is -0.457 e. The summed E-state index contributed by atoms with van der Waals surface area (Å²) in [5.41, 5.74) is 14.7. The molecule has 11 rings (SSSR count). The van der Waals surface area contributed by atoms with Gasteiger partial charge in [-0.1, -0.05) is 152 Å². The SMILES string of the molecule is c1ccc(-c2cccc(N(c3cccc(-c4ccccc4)c3)c3ccc4c(c3)C3(c5ccccc5Oc5ccccc53)c3cc5ccccc5cc3-4)c2)cc1. The van der Waals surface area contributed by atoms with Crippen LogP contribution in [0.25, 0.3) is 44.2 Å². The van der Waals surface area contributed by atoms with Gasteiger partial charge in [0, 0.05) is 28.2 Å². The Bertz CT molecular complexity index is 2780. The zero-order chi connectivity index (χ0) is 36.3. The van der Waals surface area contributed by atoms with Crippen molar-refractivity contribution in [2.24, 2.45) is 0 Å². The summed E-state index contributed by atoms with van der Waals surface area (Å²) in [7, 11) is 0. The monoisotopic (exact) mass is 701 g/mol. The molecule has 0 aromatic heterocycles. The van der Waals surface area contributed by atoms with Crippen molar-refractivity contribution in [2.75, 3.05) is 4.90 Å². The molecular formula is C53H35NO. The summed E-state index contributed by atoms with van der Waals surface area (Å²) in [6, 6.07) is 77.0. The highest BCUT2D eigenvalue weighted by Crippen LogP contribution is 2.63. The van der Waals surface area contributed by atoms with E-state index >= 15 is 0 Å². The molecule has 1 heterocycles. The van der Waals surface area contributed by atoms with Gasteiger partial charge in [0.1, 0.15) is 11.5 Å². The maximum absolute atomic E-state index is 6.70. The van der Waals surface area contributed by atoms with Crippen LogP contribution in [0.3, 0.4) is 0 Å². The summed E-state index contributed by atoms with van der Waals surface area (Å²) in [5, 5.41) is 2.46. The van der Waals surface area contributed by atoms with E-state index in [0.717, 1.165) is 39.7 Å². The summed E-state index contributed by atoms with van der Waals surface area (Å²) in [6.45, 7) is 0. The number of ether oxygens (including phenoxy) is 1. The first-order valence-corrected chi connectivity index (χ1v) is 18.9. The summed E-state index contributed by atoms with van der Waals surface area (Å²) in [4.78, 5) is 2.42. The lowest BCUT2D eigenvalue weighted by Gasteiger charge is -2.39. The molecule has 0 saturated carbocycles. The van der Waals surface area contributed by atoms with Gasteiger partial charge in [-0.3, -0.25) is 0 Å². The molecule has 0 amide bonds. The topological polar surface area (TPSA) is 12.5 Å². The van der Waals surface area contributed by atoms with Gasteiger partial charge in [0.2, 0.25) is 0 Å². The fourth-order valence-electron chi connectivity index (χ4n) is 9.07. The second kappa shape index (κ2) is 12.5. The Labute approximate surface area is 321 Å². The molecule has 0 atom stereocenters. The Balaban J connectivity index is 1.20. The molecule has 0 bridgehead atoms. The van der Waals surface area contributed by atoms with Crippen LogP contribution in [0.15, 0.2) is 212 Å². The number of fused-ring (bicyclic) bond motifs is 10. The van der Waals surface area contributed by atoms with E-state index in [1.807, 2.05) is 0 Å². The van der Waals surface area contributed by atoms with Gasteiger partial charge in [0.15, 0.2) is 0 Å². The summed E-state index contributed by atoms with van der Waals surface area (Å²) >= 11 is 0. The summed E-state index contributed by atoms with van der Waals surface area (Å²) in [5.74, 6) is 1.78. The van der Waals surface area contributed by atoms with E-state index in [-0.39, 0.29) is 0 Å². The van der Waals surface area contributed by atoms with Gasteiger partial charge in [-0.25, -0.2) is 0 Å². The van der Waals surface area contributed by atoms with Crippen LogP contribution in [0, 0.1) is 0 Å². The lowest BCUT2D eigenvalue weighted by Crippen LogP contribution is -2.32. The number of rotatable bonds is 5. The van der Waals surface area contributed by atoms with Gasteiger partial charge in [-0.05, 0) is 116 Å². The smallest absolute Gasteiger partial charge is 0.132 e. The lowest BCUT2D eigenvalue weighted by atomic mass is 9.66. The average Bonchev–Trinajstić information content (AvgIpc) is 3.52. The molecule has 1 spiro atoms. The first kappa shape index (κ1) is 31.4. The maximum atomic E-state index is 6.70. The molecule has 1 aliphatic carbocycles. The predicted octanol–water partition coefficient (Wildman–Crippen LogP) is 14.1. The number of nitrogens with zero attached hydrogens (tertiary/aromatic N) is 1. The minimum absolute atomic E-state index is 0.598. The number of hydrogen-bond acceptors (Lipinski definition) is 2. The number of hydrogen-bond donors (Lipinski definition) is 0. The van der Waals surface area contributed by atoms with Crippen LogP contribution in [0.2, 0.25) is 0 Å². The Morgan fingerprint density at radius 3 is 1.38 bits per heavy atom. The highest BCUT2D eigenvalue weighted by molar-refractivity contribution is 5.98. The van der Waals surface area contributed by atoms with E-state index in [1.165, 1.54) is 55.3 Å². The van der Waals surface area contributed by atoms with Crippen LogP contribution in [0.1, 0.15) is 22.3 Å². The van der Waals surface area contributed by atoms with Crippen LogP contribution >= 0.6 is 0 Å². The molecule has 2 heteroatoms. The highest BCUT2D eigenvalue weighted by Gasteiger charge is 2.51. The predicted molar refractivity (Wildman–Crippen MR) is 227 cm³/mol. The standard InChI is InChI=1S/C53H35NO/c1-3-15-36(16-4-1)38-21-13-23-42(31-38)54(43-24-14-22-39(32-43)37-17-5-2-6-18-37)44-29-30-45-46-33-40-19-7-8-20-41(40)34-49(46)53(50(45)35-44)47-25-9-11-27-51(47)55-52-28-12-10-26-48(52)53/h1-35H. The van der Waals surface area contributed by atoms with Gasteiger partial charge >= 0.3 is 0 Å². The van der Waals surface area contributed by atoms with Crippen LogP contribution in [-0.4, -0.2) is 0 Å². The van der Waals surface area contributed by atoms with Crippen LogP contribution in [0.5, 0.6) is 11.5 Å². The van der Waals surface area contributed by atoms with Crippen LogP contribution < -0.4 is 9.64 Å². The molecule has 0 N–H and O–H groups in total. The largest absolute Gasteiger partial charge is 0.457 e. The molecule has 258 valence electrons. The van der Waals surface area contributed by atoms with Crippen molar-refractivity contribution < 1.29 is 4.74 Å². The third-order valence-electron chi connectivity index (χ3n) is 11.5. The van der Waals surface area contributed by atoms with Gasteiger partial charge in [-0.2, -0.15) is 0 Å². The minimum atomic E-state index is -0.598. The van der Waals surface area contributed by atoms with Crippen LogP contribution in [0.4, 0.5) is 17.1 Å². The second-order valence-electron chi connectivity index (χ2n) is 14.5. The van der Waals surface area contributed by atoms with Crippen molar-refractivity contribution in [2.45, 2.75) is 5.41 Å². The van der Waals surface area contributed by atoms with E-state index in [9.17, 15) is 0 Å². The molecule has 1 aliphatic heterocycles. The summed E-state index contributed by atoms with van der Waals surface area (Å²) in [6.07, 6.45) is 0. The van der Waals surface area contributed by atoms with Crippen molar-refractivity contribution in [1.82, 2.24) is 0 Å². The molecule has 0 unspecified atom stereocenters. The van der Waals surface area contributed by atoms with Crippen molar-refractivity contribution in [3.05, 3.63) is 235 Å². The number of anilines is 3. The van der Waals surface area contributed by atoms with Gasteiger partial charge in [0.05, 0.1) is 5.41 Å². The van der Waals surface area contributed by atoms with Crippen molar-refractivity contribution in [3.8, 4) is 44.9 Å². The molecule has 0 saturated heterocycles. The van der Waals surface area contributed by atoms with Crippen molar-refractivity contribution in [1.29, 1.82) is 0 Å². The number of benzene rings is 9. The molecule has 9 aromatic rings. The molecule has 0 fully saturated rings. The van der Waals surface area contributed by atoms with Gasteiger partial charge in [0.25, 0.3) is 0 Å². The normalized spacial score (nSPS) is 13.0. The van der Waals surface area contributed by atoms with E-state index in [0.29, 0.717) is 0 Å². The Morgan fingerprint density at radius 1 is 0.309 bits per heavy atom. The van der Waals surface area contributed by atoms with Gasteiger partial charge in [-0.15, -0.1) is 0 Å². The lowest BCUT2D eigenvalue weighted by molar-refractivity contribution is 0.436. The Kier molecular flexibility index (Phi) is 7.11. The zero-order valence-electron chi connectivity index (χ0n) is 30.1. The van der Waals surface area contributed by atoms with Crippen LogP contribution in [-0.2, 0) is 5.41 Å². The molecule has 0 radical (unpaired) electrons. The molecule has 55 heavy (non-hydrogen) atoms. The summed E-state index contributed by atoms with van der Waals surface area (Å²) < 4.78 is 6.70. The molecule has 2 aliphatic rings. The quantitative estimate of drug-likeness (QED) is 0.177. The zero-order valence-corrected chi connectivity index (χ0v) is 30.1. The van der Waals surface area contributed by atoms with Gasteiger partial charge < -0.3 is 9.64 Å². The molecule has 9 aromatic carbocycles. The second-order valence-corrected chi connectivity index (χ2v) is 14.5. The fraction of sp³-hybridized carbons (Fsp3) is 0.0189. The van der Waals surface area contributed by atoms with Crippen molar-refractivity contribution >= 4 is 27.8 Å². The fourth-order valence-corrected chi connectivity index (χ4v) is 9.07.